The highest BCUT2D eigenvalue weighted by Gasteiger charge is 2.81. The van der Waals surface area contributed by atoms with Gasteiger partial charge in [0.05, 0.1) is 6.10 Å². The SMILES string of the molecule is CC[C@]12C=CC(=O)C=C1CC[C@@H]1[C@@H]2[C@@H](O)C2C[C@@]23[C@H]1CC[C@]3(O)C(=O)NC. The Labute approximate surface area is 159 Å². The van der Waals surface area contributed by atoms with Gasteiger partial charge in [-0.2, -0.15) is 0 Å². The standard InChI is InChI=1S/C22H29NO4/c1-3-20-8-6-13(24)10-12(20)4-5-14-15-7-9-22(27,19(26)23-2)21(15)11-16(21)18(25)17(14)20/h6,8,10,14-18,25,27H,3-5,7,9,11H2,1-2H3,(H,23,26)/t14-,15-,16?,17+,18-,20-,21+,22-/m0/s1. The second-order valence-corrected chi connectivity index (χ2v) is 9.45. The van der Waals surface area contributed by atoms with Crippen LogP contribution in [0.5, 0.6) is 0 Å². The molecule has 5 nitrogen and oxygen atoms in total. The number of nitrogens with one attached hydrogen (secondary N) is 1. The third-order valence-corrected chi connectivity index (χ3v) is 9.06. The molecule has 5 aliphatic carbocycles. The van der Waals surface area contributed by atoms with Crippen LogP contribution < -0.4 is 5.32 Å². The van der Waals surface area contributed by atoms with E-state index >= 15 is 0 Å². The predicted molar refractivity (Wildman–Crippen MR) is 99.5 cm³/mol. The van der Waals surface area contributed by atoms with Crippen LogP contribution in [-0.4, -0.2) is 40.7 Å². The van der Waals surface area contributed by atoms with Gasteiger partial charge in [0, 0.05) is 23.8 Å². The van der Waals surface area contributed by atoms with Crippen molar-refractivity contribution in [1.82, 2.24) is 5.32 Å². The van der Waals surface area contributed by atoms with Crippen molar-refractivity contribution in [2.45, 2.75) is 57.2 Å². The van der Waals surface area contributed by atoms with Crippen molar-refractivity contribution < 1.29 is 19.8 Å². The van der Waals surface area contributed by atoms with Crippen molar-refractivity contribution in [2.24, 2.45) is 34.5 Å². The van der Waals surface area contributed by atoms with Crippen molar-refractivity contribution in [3.63, 3.8) is 0 Å². The molecule has 0 aliphatic heterocycles. The van der Waals surface area contributed by atoms with E-state index in [0.717, 1.165) is 32.1 Å². The molecule has 5 aliphatic rings. The molecule has 1 unspecified atom stereocenters. The van der Waals surface area contributed by atoms with E-state index in [4.69, 9.17) is 0 Å². The number of hydrogen-bond acceptors (Lipinski definition) is 4. The van der Waals surface area contributed by atoms with Crippen LogP contribution in [0.15, 0.2) is 23.8 Å². The zero-order valence-corrected chi connectivity index (χ0v) is 16.1. The summed E-state index contributed by atoms with van der Waals surface area (Å²) in [5.74, 6) is 0.366. The lowest BCUT2D eigenvalue weighted by Gasteiger charge is -2.57. The van der Waals surface area contributed by atoms with E-state index in [1.807, 2.05) is 0 Å². The van der Waals surface area contributed by atoms with Gasteiger partial charge in [-0.1, -0.05) is 18.6 Å². The van der Waals surface area contributed by atoms with Gasteiger partial charge in [-0.25, -0.2) is 0 Å². The summed E-state index contributed by atoms with van der Waals surface area (Å²) in [5.41, 5.74) is -0.890. The van der Waals surface area contributed by atoms with Gasteiger partial charge in [-0.05, 0) is 68.4 Å². The molecule has 8 atom stereocenters. The second kappa shape index (κ2) is 5.32. The Morgan fingerprint density at radius 3 is 2.81 bits per heavy atom. The van der Waals surface area contributed by atoms with Crippen LogP contribution in [0.1, 0.15) is 45.4 Å². The van der Waals surface area contributed by atoms with E-state index < -0.39 is 17.1 Å². The van der Waals surface area contributed by atoms with Gasteiger partial charge in [0.25, 0.3) is 5.91 Å². The fourth-order valence-corrected chi connectivity index (χ4v) is 7.97. The maximum Gasteiger partial charge on any atom is 0.252 e. The number of hydrogen-bond donors (Lipinski definition) is 3. The molecule has 0 heterocycles. The van der Waals surface area contributed by atoms with Crippen molar-refractivity contribution in [3.8, 4) is 0 Å². The van der Waals surface area contributed by atoms with Crippen LogP contribution in [0, 0.1) is 34.5 Å². The number of carbonyl (C=O) groups is 2. The molecular weight excluding hydrogens is 342 g/mol. The molecule has 1 amide bonds. The Hall–Kier alpha value is -1.46. The average Bonchev–Trinajstić information content (AvgIpc) is 3.37. The summed E-state index contributed by atoms with van der Waals surface area (Å²) >= 11 is 0. The van der Waals surface area contributed by atoms with Crippen molar-refractivity contribution in [2.75, 3.05) is 7.05 Å². The Kier molecular flexibility index (Phi) is 3.48. The van der Waals surface area contributed by atoms with Crippen LogP contribution in [-0.2, 0) is 9.59 Å². The second-order valence-electron chi connectivity index (χ2n) is 9.45. The minimum atomic E-state index is -1.35. The normalized spacial score (nSPS) is 52.2. The lowest BCUT2D eigenvalue weighted by atomic mass is 9.48. The number of allylic oxidation sites excluding steroid dienone is 4. The molecule has 0 aromatic carbocycles. The molecule has 0 radical (unpaired) electrons. The zero-order valence-electron chi connectivity index (χ0n) is 16.1. The first-order valence-electron chi connectivity index (χ1n) is 10.4. The lowest BCUT2D eigenvalue weighted by Crippen LogP contribution is -2.59. The lowest BCUT2D eigenvalue weighted by molar-refractivity contribution is -0.158. The highest BCUT2D eigenvalue weighted by Crippen LogP contribution is 2.79. The fourth-order valence-electron chi connectivity index (χ4n) is 7.97. The first kappa shape index (κ1) is 17.6. The smallest absolute Gasteiger partial charge is 0.252 e. The fraction of sp³-hybridized carbons (Fsp3) is 0.727. The molecule has 0 aromatic heterocycles. The van der Waals surface area contributed by atoms with E-state index in [2.05, 4.69) is 18.3 Å². The van der Waals surface area contributed by atoms with E-state index in [1.54, 1.807) is 19.2 Å². The van der Waals surface area contributed by atoms with Crippen molar-refractivity contribution in [1.29, 1.82) is 0 Å². The first-order valence-corrected chi connectivity index (χ1v) is 10.4. The van der Waals surface area contributed by atoms with E-state index in [0.29, 0.717) is 6.42 Å². The highest BCUT2D eigenvalue weighted by atomic mass is 16.3. The summed E-state index contributed by atoms with van der Waals surface area (Å²) in [6.45, 7) is 2.15. The zero-order chi connectivity index (χ0) is 19.2. The molecule has 146 valence electrons. The molecule has 3 N–H and O–H groups in total. The van der Waals surface area contributed by atoms with E-state index in [9.17, 15) is 19.8 Å². The number of amides is 1. The molecule has 4 fully saturated rings. The molecule has 5 heteroatoms. The number of aliphatic hydroxyl groups is 2. The minimum absolute atomic E-state index is 0.0256. The van der Waals surface area contributed by atoms with Gasteiger partial charge in [-0.15, -0.1) is 0 Å². The summed E-state index contributed by atoms with van der Waals surface area (Å²) in [6.07, 6.45) is 9.71. The van der Waals surface area contributed by atoms with Crippen molar-refractivity contribution in [3.05, 3.63) is 23.8 Å². The van der Waals surface area contributed by atoms with Gasteiger partial charge in [0.1, 0.15) is 5.60 Å². The first-order chi connectivity index (χ1) is 12.9. The molecule has 0 saturated heterocycles. The number of ketones is 1. The molecular formula is C22H29NO4. The number of aliphatic hydroxyl groups excluding tert-OH is 1. The van der Waals surface area contributed by atoms with Gasteiger partial charge in [0.15, 0.2) is 5.78 Å². The minimum Gasteiger partial charge on any atom is -0.392 e. The molecule has 0 aromatic rings. The number of likely N-dealkylation sites (N-methyl/N-ethyl adjacent to an activating group) is 1. The highest BCUT2D eigenvalue weighted by molar-refractivity contribution is 6.01. The average molecular weight is 371 g/mol. The Morgan fingerprint density at radius 1 is 1.33 bits per heavy atom. The summed E-state index contributed by atoms with van der Waals surface area (Å²) in [4.78, 5) is 24.5. The molecule has 0 bridgehead atoms. The quantitative estimate of drug-likeness (QED) is 0.690. The Bertz CT molecular complexity index is 787. The third kappa shape index (κ3) is 1.83. The Balaban J connectivity index is 1.59. The summed E-state index contributed by atoms with van der Waals surface area (Å²) in [7, 11) is 1.58. The van der Waals surface area contributed by atoms with Crippen LogP contribution in [0.2, 0.25) is 0 Å². The third-order valence-electron chi connectivity index (χ3n) is 9.06. The van der Waals surface area contributed by atoms with Crippen LogP contribution in [0.25, 0.3) is 0 Å². The predicted octanol–water partition coefficient (Wildman–Crippen LogP) is 1.74. The topological polar surface area (TPSA) is 86.6 Å². The summed E-state index contributed by atoms with van der Waals surface area (Å²) in [5, 5.41) is 25.5. The van der Waals surface area contributed by atoms with Gasteiger partial charge in [-0.3, -0.25) is 9.59 Å². The number of carbonyl (C=O) groups excluding carboxylic acids is 2. The van der Waals surface area contributed by atoms with E-state index in [-0.39, 0.29) is 40.8 Å². The monoisotopic (exact) mass is 371 g/mol. The van der Waals surface area contributed by atoms with E-state index in [1.165, 1.54) is 5.57 Å². The molecule has 1 spiro atoms. The van der Waals surface area contributed by atoms with Crippen LogP contribution in [0.4, 0.5) is 0 Å². The Morgan fingerprint density at radius 2 is 2.11 bits per heavy atom. The summed E-state index contributed by atoms with van der Waals surface area (Å²) in [6, 6.07) is 0. The molecule has 5 rings (SSSR count). The largest absolute Gasteiger partial charge is 0.392 e. The molecule has 4 saturated carbocycles. The molecule has 27 heavy (non-hydrogen) atoms. The van der Waals surface area contributed by atoms with Crippen LogP contribution in [0.3, 0.4) is 0 Å². The van der Waals surface area contributed by atoms with Gasteiger partial charge >= 0.3 is 0 Å². The maximum atomic E-state index is 12.6. The van der Waals surface area contributed by atoms with Crippen LogP contribution >= 0.6 is 0 Å². The summed E-state index contributed by atoms with van der Waals surface area (Å²) < 4.78 is 0. The number of rotatable bonds is 2. The maximum absolute atomic E-state index is 12.6. The number of fused-ring (bicyclic) bond motifs is 4. The van der Waals surface area contributed by atoms with Crippen molar-refractivity contribution >= 4 is 11.7 Å². The van der Waals surface area contributed by atoms with Gasteiger partial charge < -0.3 is 15.5 Å². The van der Waals surface area contributed by atoms with Gasteiger partial charge in [0.2, 0.25) is 0 Å².